The summed E-state index contributed by atoms with van der Waals surface area (Å²) in [7, 11) is 0. The summed E-state index contributed by atoms with van der Waals surface area (Å²) >= 11 is 1.45. The lowest BCUT2D eigenvalue weighted by molar-refractivity contribution is -0.122. The summed E-state index contributed by atoms with van der Waals surface area (Å²) in [5.74, 6) is 0.290. The summed E-state index contributed by atoms with van der Waals surface area (Å²) in [6.45, 7) is 4.37. The maximum Gasteiger partial charge on any atom is 0.265 e. The molecular formula is C16H18N2O3S. The minimum atomic E-state index is -0.159. The van der Waals surface area contributed by atoms with Gasteiger partial charge in [-0.15, -0.1) is 11.3 Å². The van der Waals surface area contributed by atoms with Crippen molar-refractivity contribution in [2.75, 3.05) is 18.5 Å². The molecule has 0 saturated heterocycles. The third kappa shape index (κ3) is 4.60. The van der Waals surface area contributed by atoms with E-state index in [1.165, 1.54) is 11.3 Å². The second kappa shape index (κ2) is 7.61. The molecule has 2 amide bonds. The molecule has 1 heterocycles. The van der Waals surface area contributed by atoms with E-state index >= 15 is 0 Å². The molecule has 5 nitrogen and oxygen atoms in total. The zero-order valence-corrected chi connectivity index (χ0v) is 13.3. The summed E-state index contributed by atoms with van der Waals surface area (Å²) in [6.07, 6.45) is 0. The SMILES string of the molecule is CCNC(=O)COc1ccc(NC(=O)c2ccc(C)s2)cc1. The Morgan fingerprint density at radius 1 is 1.14 bits per heavy atom. The minimum absolute atomic E-state index is 0.0198. The maximum absolute atomic E-state index is 12.0. The molecule has 2 rings (SSSR count). The fraction of sp³-hybridized carbons (Fsp3) is 0.250. The Morgan fingerprint density at radius 2 is 1.86 bits per heavy atom. The van der Waals surface area contributed by atoms with Crippen molar-refractivity contribution >= 4 is 28.8 Å². The molecule has 0 saturated carbocycles. The molecule has 0 aliphatic carbocycles. The van der Waals surface area contributed by atoms with Crippen molar-refractivity contribution < 1.29 is 14.3 Å². The quantitative estimate of drug-likeness (QED) is 0.860. The zero-order chi connectivity index (χ0) is 15.9. The topological polar surface area (TPSA) is 67.4 Å². The monoisotopic (exact) mass is 318 g/mol. The number of carbonyl (C=O) groups excluding carboxylic acids is 2. The van der Waals surface area contributed by atoms with Crippen molar-refractivity contribution in [2.24, 2.45) is 0 Å². The van der Waals surface area contributed by atoms with Gasteiger partial charge in [-0.05, 0) is 50.2 Å². The first-order chi connectivity index (χ1) is 10.6. The molecule has 1 aromatic heterocycles. The van der Waals surface area contributed by atoms with Gasteiger partial charge in [0, 0.05) is 17.1 Å². The summed E-state index contributed by atoms with van der Waals surface area (Å²) in [5, 5.41) is 5.47. The van der Waals surface area contributed by atoms with Crippen LogP contribution in [0.2, 0.25) is 0 Å². The van der Waals surface area contributed by atoms with E-state index < -0.39 is 0 Å². The van der Waals surface area contributed by atoms with Crippen molar-refractivity contribution in [3.8, 4) is 5.75 Å². The van der Waals surface area contributed by atoms with Gasteiger partial charge in [0.05, 0.1) is 4.88 Å². The number of hydrogen-bond donors (Lipinski definition) is 2. The molecule has 0 fully saturated rings. The van der Waals surface area contributed by atoms with Gasteiger partial charge in [-0.3, -0.25) is 9.59 Å². The lowest BCUT2D eigenvalue weighted by Crippen LogP contribution is -2.28. The van der Waals surface area contributed by atoms with E-state index in [1.807, 2.05) is 19.9 Å². The van der Waals surface area contributed by atoms with Gasteiger partial charge < -0.3 is 15.4 Å². The second-order valence-electron chi connectivity index (χ2n) is 4.63. The van der Waals surface area contributed by atoms with Crippen molar-refractivity contribution in [2.45, 2.75) is 13.8 Å². The van der Waals surface area contributed by atoms with E-state index in [4.69, 9.17) is 4.74 Å². The number of ether oxygens (including phenoxy) is 1. The molecule has 0 aliphatic heterocycles. The first-order valence-corrected chi connectivity index (χ1v) is 7.77. The van der Waals surface area contributed by atoms with Gasteiger partial charge in [0.15, 0.2) is 6.61 Å². The summed E-state index contributed by atoms with van der Waals surface area (Å²) in [4.78, 5) is 25.1. The maximum atomic E-state index is 12.0. The second-order valence-corrected chi connectivity index (χ2v) is 5.92. The molecule has 0 atom stereocenters. The molecule has 0 unspecified atom stereocenters. The first-order valence-electron chi connectivity index (χ1n) is 6.96. The van der Waals surface area contributed by atoms with Crippen molar-refractivity contribution in [3.05, 3.63) is 46.2 Å². The third-order valence-corrected chi connectivity index (χ3v) is 3.82. The molecule has 0 radical (unpaired) electrons. The van der Waals surface area contributed by atoms with Crippen LogP contribution in [0.3, 0.4) is 0 Å². The number of nitrogens with one attached hydrogen (secondary N) is 2. The lowest BCUT2D eigenvalue weighted by Gasteiger charge is -2.08. The van der Waals surface area contributed by atoms with Crippen LogP contribution in [0.25, 0.3) is 0 Å². The van der Waals surface area contributed by atoms with Crippen LogP contribution in [0.15, 0.2) is 36.4 Å². The standard InChI is InChI=1S/C16H18N2O3S/c1-3-17-15(19)10-21-13-7-5-12(6-8-13)18-16(20)14-9-4-11(2)22-14/h4-9H,3,10H2,1-2H3,(H,17,19)(H,18,20). The predicted octanol–water partition coefficient (Wildman–Crippen LogP) is 2.82. The number of thiophene rings is 1. The summed E-state index contributed by atoms with van der Waals surface area (Å²) in [5.41, 5.74) is 0.682. The Hall–Kier alpha value is -2.34. The Labute approximate surface area is 133 Å². The molecule has 0 bridgehead atoms. The Kier molecular flexibility index (Phi) is 5.55. The lowest BCUT2D eigenvalue weighted by atomic mass is 10.3. The van der Waals surface area contributed by atoms with E-state index in [0.717, 1.165) is 4.88 Å². The van der Waals surface area contributed by atoms with Crippen molar-refractivity contribution in [3.63, 3.8) is 0 Å². The highest BCUT2D eigenvalue weighted by atomic mass is 32.1. The van der Waals surface area contributed by atoms with Gasteiger partial charge in [-0.1, -0.05) is 0 Å². The van der Waals surface area contributed by atoms with E-state index in [2.05, 4.69) is 10.6 Å². The number of hydrogen-bond acceptors (Lipinski definition) is 4. The van der Waals surface area contributed by atoms with Crippen LogP contribution in [-0.4, -0.2) is 25.0 Å². The van der Waals surface area contributed by atoms with Gasteiger partial charge in [0.2, 0.25) is 0 Å². The molecular weight excluding hydrogens is 300 g/mol. The number of amides is 2. The van der Waals surface area contributed by atoms with E-state index in [9.17, 15) is 9.59 Å². The summed E-state index contributed by atoms with van der Waals surface area (Å²) in [6, 6.07) is 10.6. The van der Waals surface area contributed by atoms with Crippen molar-refractivity contribution in [1.82, 2.24) is 5.32 Å². The average molecular weight is 318 g/mol. The number of likely N-dealkylation sites (N-methyl/N-ethyl adjacent to an activating group) is 1. The summed E-state index contributed by atoms with van der Waals surface area (Å²) < 4.78 is 5.35. The molecule has 0 aliphatic rings. The molecule has 22 heavy (non-hydrogen) atoms. The van der Waals surface area contributed by atoms with Crippen LogP contribution in [0.5, 0.6) is 5.75 Å². The van der Waals surface area contributed by atoms with E-state index in [1.54, 1.807) is 30.3 Å². The fourth-order valence-electron chi connectivity index (χ4n) is 1.78. The number of anilines is 1. The molecule has 2 N–H and O–H groups in total. The highest BCUT2D eigenvalue weighted by Gasteiger charge is 2.08. The molecule has 1 aromatic carbocycles. The van der Waals surface area contributed by atoms with Gasteiger partial charge in [0.1, 0.15) is 5.75 Å². The Bertz CT molecular complexity index is 650. The third-order valence-electron chi connectivity index (χ3n) is 2.82. The Balaban J connectivity index is 1.89. The van der Waals surface area contributed by atoms with Crippen LogP contribution in [0.4, 0.5) is 5.69 Å². The number of carbonyl (C=O) groups is 2. The van der Waals surface area contributed by atoms with Crippen LogP contribution in [0, 0.1) is 6.92 Å². The molecule has 2 aromatic rings. The number of rotatable bonds is 6. The van der Waals surface area contributed by atoms with Gasteiger partial charge in [-0.2, -0.15) is 0 Å². The molecule has 116 valence electrons. The highest BCUT2D eigenvalue weighted by Crippen LogP contribution is 2.19. The Morgan fingerprint density at radius 3 is 2.45 bits per heavy atom. The van der Waals surface area contributed by atoms with Crippen LogP contribution in [-0.2, 0) is 4.79 Å². The van der Waals surface area contributed by atoms with E-state index in [-0.39, 0.29) is 18.4 Å². The van der Waals surface area contributed by atoms with Crippen LogP contribution < -0.4 is 15.4 Å². The zero-order valence-electron chi connectivity index (χ0n) is 12.5. The number of benzene rings is 1. The molecule has 6 heteroatoms. The van der Waals surface area contributed by atoms with Gasteiger partial charge in [-0.25, -0.2) is 0 Å². The fourth-order valence-corrected chi connectivity index (χ4v) is 2.54. The largest absolute Gasteiger partial charge is 0.484 e. The normalized spacial score (nSPS) is 10.1. The van der Waals surface area contributed by atoms with Gasteiger partial charge in [0.25, 0.3) is 11.8 Å². The predicted molar refractivity (Wildman–Crippen MR) is 87.6 cm³/mol. The van der Waals surface area contributed by atoms with E-state index in [0.29, 0.717) is 22.9 Å². The van der Waals surface area contributed by atoms with Crippen molar-refractivity contribution in [1.29, 1.82) is 0 Å². The smallest absolute Gasteiger partial charge is 0.265 e. The highest BCUT2D eigenvalue weighted by molar-refractivity contribution is 7.14. The van der Waals surface area contributed by atoms with Gasteiger partial charge >= 0.3 is 0 Å². The first kappa shape index (κ1) is 16.0. The average Bonchev–Trinajstić information content (AvgIpc) is 2.93. The van der Waals surface area contributed by atoms with Crippen LogP contribution in [0.1, 0.15) is 21.5 Å². The minimum Gasteiger partial charge on any atom is -0.484 e. The number of aryl methyl sites for hydroxylation is 1. The molecule has 0 spiro atoms. The van der Waals surface area contributed by atoms with Crippen LogP contribution >= 0.6 is 11.3 Å².